The van der Waals surface area contributed by atoms with E-state index in [1.165, 1.54) is 6.07 Å². The average molecular weight is 313 g/mol. The number of anilines is 1. The summed E-state index contributed by atoms with van der Waals surface area (Å²) in [5, 5.41) is 8.97. The zero-order valence-corrected chi connectivity index (χ0v) is 11.5. The van der Waals surface area contributed by atoms with Crippen LogP contribution in [0.1, 0.15) is 17.3 Å². The van der Waals surface area contributed by atoms with Crippen LogP contribution in [0.3, 0.4) is 0 Å². The summed E-state index contributed by atoms with van der Waals surface area (Å²) in [5.41, 5.74) is -0.552. The minimum Gasteiger partial charge on any atom is -0.478 e. The molecular formula is C9H10Cl2N2O4S. The Morgan fingerprint density at radius 1 is 1.39 bits per heavy atom. The number of halogens is 2. The SMILES string of the molecule is CCNS(=O)(=O)Nc1c(Cl)cc(Cl)cc1C(=O)O. The number of aromatic carboxylic acids is 1. The molecule has 0 aliphatic heterocycles. The number of hydrogen-bond donors (Lipinski definition) is 3. The van der Waals surface area contributed by atoms with Crippen molar-refractivity contribution in [2.45, 2.75) is 6.92 Å². The quantitative estimate of drug-likeness (QED) is 0.774. The molecule has 0 heterocycles. The molecule has 1 rings (SSSR count). The smallest absolute Gasteiger partial charge is 0.337 e. The van der Waals surface area contributed by atoms with E-state index in [4.69, 9.17) is 28.3 Å². The topological polar surface area (TPSA) is 95.5 Å². The number of benzene rings is 1. The number of carboxylic acid groups (broad SMARTS) is 1. The standard InChI is InChI=1S/C9H10Cl2N2O4S/c1-2-12-18(16,17)13-8-6(9(14)15)3-5(10)4-7(8)11/h3-4,12-13H,2H2,1H3,(H,14,15). The lowest BCUT2D eigenvalue weighted by Gasteiger charge is -2.12. The van der Waals surface area contributed by atoms with E-state index in [1.807, 2.05) is 0 Å². The van der Waals surface area contributed by atoms with Crippen molar-refractivity contribution >= 4 is 45.1 Å². The first-order valence-electron chi connectivity index (χ1n) is 4.76. The van der Waals surface area contributed by atoms with E-state index in [0.717, 1.165) is 6.07 Å². The van der Waals surface area contributed by atoms with Gasteiger partial charge in [0.25, 0.3) is 10.2 Å². The highest BCUT2D eigenvalue weighted by Crippen LogP contribution is 2.30. The van der Waals surface area contributed by atoms with Gasteiger partial charge in [0.05, 0.1) is 16.3 Å². The Hall–Kier alpha value is -1.02. The van der Waals surface area contributed by atoms with Gasteiger partial charge in [-0.05, 0) is 12.1 Å². The Morgan fingerprint density at radius 3 is 2.50 bits per heavy atom. The molecule has 0 aliphatic carbocycles. The van der Waals surface area contributed by atoms with Crippen LogP contribution in [0.4, 0.5) is 5.69 Å². The Balaban J connectivity index is 3.28. The lowest BCUT2D eigenvalue weighted by molar-refractivity contribution is 0.0698. The Kier molecular flexibility index (Phi) is 4.80. The Bertz CT molecular complexity index is 574. The zero-order valence-electron chi connectivity index (χ0n) is 9.20. The van der Waals surface area contributed by atoms with Crippen molar-refractivity contribution in [2.24, 2.45) is 0 Å². The fourth-order valence-electron chi connectivity index (χ4n) is 1.21. The van der Waals surface area contributed by atoms with Gasteiger partial charge in [0.15, 0.2) is 0 Å². The molecule has 0 saturated carbocycles. The molecule has 0 unspecified atom stereocenters. The second-order valence-corrected chi connectivity index (χ2v) is 5.56. The van der Waals surface area contributed by atoms with E-state index in [1.54, 1.807) is 6.92 Å². The molecule has 0 amide bonds. The monoisotopic (exact) mass is 312 g/mol. The highest BCUT2D eigenvalue weighted by molar-refractivity contribution is 7.90. The molecule has 9 heteroatoms. The van der Waals surface area contributed by atoms with Crippen LogP contribution in [-0.2, 0) is 10.2 Å². The predicted molar refractivity (Wildman–Crippen MR) is 69.6 cm³/mol. The zero-order chi connectivity index (χ0) is 13.9. The molecule has 1 aromatic carbocycles. The molecule has 100 valence electrons. The third-order valence-corrected chi connectivity index (χ3v) is 3.51. The van der Waals surface area contributed by atoms with Gasteiger partial charge >= 0.3 is 5.97 Å². The molecule has 0 atom stereocenters. The van der Waals surface area contributed by atoms with E-state index in [2.05, 4.69) is 9.44 Å². The first-order valence-corrected chi connectivity index (χ1v) is 7.00. The number of nitrogens with one attached hydrogen (secondary N) is 2. The molecule has 0 radical (unpaired) electrons. The van der Waals surface area contributed by atoms with Crippen LogP contribution in [0.2, 0.25) is 10.0 Å². The third-order valence-electron chi connectivity index (χ3n) is 1.86. The highest BCUT2D eigenvalue weighted by atomic mass is 35.5. The van der Waals surface area contributed by atoms with Crippen molar-refractivity contribution in [1.82, 2.24) is 4.72 Å². The first kappa shape index (κ1) is 15.0. The summed E-state index contributed by atoms with van der Waals surface area (Å²) in [5.74, 6) is -1.34. The summed E-state index contributed by atoms with van der Waals surface area (Å²) in [7, 11) is -3.87. The van der Waals surface area contributed by atoms with Gasteiger partial charge in [-0.1, -0.05) is 30.1 Å². The minimum absolute atomic E-state index is 0.0959. The maximum atomic E-state index is 11.5. The fourth-order valence-corrected chi connectivity index (χ4v) is 2.74. The van der Waals surface area contributed by atoms with E-state index in [9.17, 15) is 13.2 Å². The second-order valence-electron chi connectivity index (χ2n) is 3.22. The third kappa shape index (κ3) is 3.74. The van der Waals surface area contributed by atoms with Crippen LogP contribution >= 0.6 is 23.2 Å². The number of hydrogen-bond acceptors (Lipinski definition) is 3. The van der Waals surface area contributed by atoms with E-state index < -0.39 is 16.2 Å². The van der Waals surface area contributed by atoms with E-state index in [0.29, 0.717) is 0 Å². The largest absolute Gasteiger partial charge is 0.478 e. The van der Waals surface area contributed by atoms with E-state index >= 15 is 0 Å². The van der Waals surface area contributed by atoms with Crippen molar-refractivity contribution in [3.8, 4) is 0 Å². The van der Waals surface area contributed by atoms with Gasteiger partial charge in [0, 0.05) is 11.6 Å². The van der Waals surface area contributed by atoms with Crippen molar-refractivity contribution in [3.05, 3.63) is 27.7 Å². The van der Waals surface area contributed by atoms with Crippen LogP contribution in [0.25, 0.3) is 0 Å². The molecular weight excluding hydrogens is 303 g/mol. The first-order chi connectivity index (χ1) is 8.26. The molecule has 0 saturated heterocycles. The maximum Gasteiger partial charge on any atom is 0.337 e. The Labute approximate surface area is 114 Å². The van der Waals surface area contributed by atoms with Gasteiger partial charge in [-0.15, -0.1) is 0 Å². The van der Waals surface area contributed by atoms with Crippen molar-refractivity contribution in [3.63, 3.8) is 0 Å². The molecule has 18 heavy (non-hydrogen) atoms. The Morgan fingerprint density at radius 2 is 2.00 bits per heavy atom. The minimum atomic E-state index is -3.87. The molecule has 0 spiro atoms. The van der Waals surface area contributed by atoms with Gasteiger partial charge in [0.1, 0.15) is 0 Å². The highest BCUT2D eigenvalue weighted by Gasteiger charge is 2.19. The maximum absolute atomic E-state index is 11.5. The van der Waals surface area contributed by atoms with Crippen LogP contribution in [-0.4, -0.2) is 26.0 Å². The molecule has 0 bridgehead atoms. The summed E-state index contributed by atoms with van der Waals surface area (Å²) < 4.78 is 27.2. The summed E-state index contributed by atoms with van der Waals surface area (Å²) in [6.07, 6.45) is 0. The van der Waals surface area contributed by atoms with Gasteiger partial charge in [-0.25, -0.2) is 4.79 Å². The van der Waals surface area contributed by atoms with Crippen LogP contribution in [0.5, 0.6) is 0 Å². The van der Waals surface area contributed by atoms with Gasteiger partial charge in [-0.2, -0.15) is 13.1 Å². The second kappa shape index (κ2) is 5.75. The van der Waals surface area contributed by atoms with Gasteiger partial charge < -0.3 is 5.11 Å². The normalized spacial score (nSPS) is 11.3. The fraction of sp³-hybridized carbons (Fsp3) is 0.222. The summed E-state index contributed by atoms with van der Waals surface area (Å²) in [6, 6.07) is 2.36. The van der Waals surface area contributed by atoms with Gasteiger partial charge in [0.2, 0.25) is 0 Å². The van der Waals surface area contributed by atoms with Crippen LogP contribution < -0.4 is 9.44 Å². The van der Waals surface area contributed by atoms with Crippen LogP contribution in [0.15, 0.2) is 12.1 Å². The van der Waals surface area contributed by atoms with Gasteiger partial charge in [-0.3, -0.25) is 4.72 Å². The summed E-state index contributed by atoms with van der Waals surface area (Å²) in [6.45, 7) is 1.74. The predicted octanol–water partition coefficient (Wildman–Crippen LogP) is 1.96. The molecule has 0 aromatic heterocycles. The lowest BCUT2D eigenvalue weighted by atomic mass is 10.2. The summed E-state index contributed by atoms with van der Waals surface area (Å²) in [4.78, 5) is 11.0. The molecule has 0 aliphatic rings. The van der Waals surface area contributed by atoms with Crippen molar-refractivity contribution in [1.29, 1.82) is 0 Å². The lowest BCUT2D eigenvalue weighted by Crippen LogP contribution is -2.30. The van der Waals surface area contributed by atoms with Crippen LogP contribution in [0, 0.1) is 0 Å². The average Bonchev–Trinajstić information content (AvgIpc) is 2.21. The molecule has 0 fully saturated rings. The molecule has 6 nitrogen and oxygen atoms in total. The number of carboxylic acids is 1. The van der Waals surface area contributed by atoms with E-state index in [-0.39, 0.29) is 27.8 Å². The van der Waals surface area contributed by atoms with Crippen molar-refractivity contribution in [2.75, 3.05) is 11.3 Å². The van der Waals surface area contributed by atoms with Crippen molar-refractivity contribution < 1.29 is 18.3 Å². The molecule has 3 N–H and O–H groups in total. The number of carbonyl (C=O) groups is 1. The molecule has 1 aromatic rings. The summed E-state index contributed by atoms with van der Waals surface area (Å²) >= 11 is 11.4. The number of rotatable bonds is 5.